The Kier molecular flexibility index (Phi) is 6.07. The van der Waals surface area contributed by atoms with E-state index in [2.05, 4.69) is 16.7 Å². The molecule has 0 atom stereocenters. The zero-order valence-corrected chi connectivity index (χ0v) is 17.7. The normalized spacial score (nSPS) is 12.9. The summed E-state index contributed by atoms with van der Waals surface area (Å²) in [5.41, 5.74) is 2.74. The molecule has 0 fully saturated rings. The fourth-order valence-corrected chi connectivity index (χ4v) is 4.93. The number of thiocarbonyl (C=S) groups is 1. The fraction of sp³-hybridized carbons (Fsp3) is 0.174. The molecule has 7 heteroatoms. The molecule has 0 spiro atoms. The predicted molar refractivity (Wildman–Crippen MR) is 123 cm³/mol. The van der Waals surface area contributed by atoms with E-state index in [1.165, 1.54) is 11.0 Å². The summed E-state index contributed by atoms with van der Waals surface area (Å²) in [5.74, 6) is 0.934. The van der Waals surface area contributed by atoms with Gasteiger partial charge in [-0.2, -0.15) is 5.26 Å². The number of carbonyl (C=O) groups is 1. The lowest BCUT2D eigenvalue weighted by Gasteiger charge is -2.09. The van der Waals surface area contributed by atoms with Crippen LogP contribution in [0.2, 0.25) is 0 Å². The molecule has 5 nitrogen and oxygen atoms in total. The zero-order valence-electron chi connectivity index (χ0n) is 16.1. The van der Waals surface area contributed by atoms with E-state index in [4.69, 9.17) is 16.6 Å². The minimum absolute atomic E-state index is 0.171. The number of anilines is 1. The number of nitriles is 1. The minimum Gasteiger partial charge on any atom is -0.457 e. The fourth-order valence-electron chi connectivity index (χ4n) is 3.42. The number of carbonyl (C=O) groups excluding carboxylic acids is 1. The quantitative estimate of drug-likeness (QED) is 0.432. The lowest BCUT2D eigenvalue weighted by molar-refractivity contribution is -0.115. The summed E-state index contributed by atoms with van der Waals surface area (Å²) in [5, 5.41) is 16.0. The molecule has 0 aliphatic heterocycles. The topological polar surface area (TPSA) is 78.1 Å². The van der Waals surface area contributed by atoms with Crippen LogP contribution in [-0.4, -0.2) is 11.0 Å². The standard InChI is InChI=1S/C23H19N3O2S2/c24-14-18-17-8-4-5-9-20(17)30-22(18)26-23(29)25-21(27)13-11-16-10-12-19(28-16)15-6-2-1-3-7-15/h1-3,6-7,10-13H,4-5,8-9H2,(H2,25,26,27,29)/b13-11+. The highest BCUT2D eigenvalue weighted by Gasteiger charge is 2.21. The highest BCUT2D eigenvalue weighted by molar-refractivity contribution is 7.80. The number of aryl methyl sites for hydroxylation is 1. The van der Waals surface area contributed by atoms with Crippen LogP contribution in [0.25, 0.3) is 17.4 Å². The number of thiophene rings is 1. The number of fused-ring (bicyclic) bond motifs is 1. The number of hydrogen-bond acceptors (Lipinski definition) is 5. The average Bonchev–Trinajstić information content (AvgIpc) is 3.37. The van der Waals surface area contributed by atoms with Crippen molar-refractivity contribution in [3.05, 3.63) is 70.3 Å². The van der Waals surface area contributed by atoms with Gasteiger partial charge in [0.05, 0.1) is 5.56 Å². The van der Waals surface area contributed by atoms with Crippen molar-refractivity contribution in [3.63, 3.8) is 0 Å². The third-order valence-electron chi connectivity index (χ3n) is 4.83. The van der Waals surface area contributed by atoms with Gasteiger partial charge in [0, 0.05) is 16.5 Å². The van der Waals surface area contributed by atoms with E-state index in [0.717, 1.165) is 42.6 Å². The van der Waals surface area contributed by atoms with Crippen LogP contribution < -0.4 is 10.6 Å². The smallest absolute Gasteiger partial charge is 0.250 e. The van der Waals surface area contributed by atoms with Crippen LogP contribution in [0.5, 0.6) is 0 Å². The van der Waals surface area contributed by atoms with Crippen molar-refractivity contribution in [2.24, 2.45) is 0 Å². The Hall–Kier alpha value is -3.21. The maximum Gasteiger partial charge on any atom is 0.250 e. The molecule has 1 aromatic carbocycles. The Balaban J connectivity index is 1.37. The van der Waals surface area contributed by atoms with E-state index in [1.54, 1.807) is 23.5 Å². The summed E-state index contributed by atoms with van der Waals surface area (Å²) in [4.78, 5) is 13.5. The summed E-state index contributed by atoms with van der Waals surface area (Å²) in [6.45, 7) is 0. The first kappa shape index (κ1) is 20.1. The van der Waals surface area contributed by atoms with E-state index < -0.39 is 0 Å². The number of nitrogens with one attached hydrogen (secondary N) is 2. The second kappa shape index (κ2) is 9.08. The Morgan fingerprint density at radius 3 is 2.77 bits per heavy atom. The molecule has 0 saturated heterocycles. The summed E-state index contributed by atoms with van der Waals surface area (Å²) >= 11 is 6.80. The summed E-state index contributed by atoms with van der Waals surface area (Å²) in [6.07, 6.45) is 7.12. The highest BCUT2D eigenvalue weighted by Crippen LogP contribution is 2.37. The van der Waals surface area contributed by atoms with E-state index in [0.29, 0.717) is 16.3 Å². The van der Waals surface area contributed by atoms with Crippen LogP contribution in [0.1, 0.15) is 34.6 Å². The zero-order chi connectivity index (χ0) is 20.9. The van der Waals surface area contributed by atoms with Crippen molar-refractivity contribution >= 4 is 45.7 Å². The maximum atomic E-state index is 12.2. The van der Waals surface area contributed by atoms with Gasteiger partial charge in [-0.25, -0.2) is 0 Å². The van der Waals surface area contributed by atoms with Gasteiger partial charge in [0.2, 0.25) is 5.91 Å². The van der Waals surface area contributed by atoms with Crippen LogP contribution in [0, 0.1) is 11.3 Å². The molecule has 4 rings (SSSR count). The van der Waals surface area contributed by atoms with Crippen molar-refractivity contribution in [2.75, 3.05) is 5.32 Å². The van der Waals surface area contributed by atoms with E-state index in [1.807, 2.05) is 36.4 Å². The van der Waals surface area contributed by atoms with Crippen LogP contribution in [0.4, 0.5) is 5.00 Å². The molecule has 1 amide bonds. The first-order chi connectivity index (χ1) is 14.6. The van der Waals surface area contributed by atoms with Gasteiger partial charge in [-0.1, -0.05) is 30.3 Å². The molecule has 1 aliphatic carbocycles. The maximum absolute atomic E-state index is 12.2. The third kappa shape index (κ3) is 4.51. The van der Waals surface area contributed by atoms with Crippen molar-refractivity contribution in [1.29, 1.82) is 5.26 Å². The molecule has 2 N–H and O–H groups in total. The van der Waals surface area contributed by atoms with Crippen molar-refractivity contribution in [1.82, 2.24) is 5.32 Å². The van der Waals surface area contributed by atoms with Crippen molar-refractivity contribution in [3.8, 4) is 17.4 Å². The van der Waals surface area contributed by atoms with Crippen LogP contribution in [-0.2, 0) is 17.6 Å². The summed E-state index contributed by atoms with van der Waals surface area (Å²) < 4.78 is 5.75. The number of benzene rings is 1. The SMILES string of the molecule is N#Cc1c(NC(=S)NC(=O)/C=C/c2ccc(-c3ccccc3)o2)sc2c1CCCC2. The Labute approximate surface area is 184 Å². The Morgan fingerprint density at radius 2 is 1.97 bits per heavy atom. The molecule has 0 bridgehead atoms. The van der Waals surface area contributed by atoms with Gasteiger partial charge in [0.1, 0.15) is 22.6 Å². The van der Waals surface area contributed by atoms with E-state index in [-0.39, 0.29) is 11.0 Å². The second-order valence-corrected chi connectivity index (χ2v) is 8.38. The lowest BCUT2D eigenvalue weighted by Crippen LogP contribution is -2.32. The number of nitrogens with zero attached hydrogens (tertiary/aromatic N) is 1. The molecule has 3 aromatic rings. The molecule has 0 radical (unpaired) electrons. The molecule has 0 unspecified atom stereocenters. The first-order valence-electron chi connectivity index (χ1n) is 9.64. The Morgan fingerprint density at radius 1 is 1.17 bits per heavy atom. The molecule has 1 aliphatic rings. The molecular formula is C23H19N3O2S2. The van der Waals surface area contributed by atoms with Gasteiger partial charge in [-0.15, -0.1) is 11.3 Å². The minimum atomic E-state index is -0.370. The van der Waals surface area contributed by atoms with Gasteiger partial charge >= 0.3 is 0 Å². The third-order valence-corrected chi connectivity index (χ3v) is 6.24. The van der Waals surface area contributed by atoms with Gasteiger partial charge in [0.15, 0.2) is 5.11 Å². The number of furan rings is 1. The molecule has 2 heterocycles. The average molecular weight is 434 g/mol. The first-order valence-corrected chi connectivity index (χ1v) is 10.9. The van der Waals surface area contributed by atoms with Crippen LogP contribution in [0.15, 0.2) is 53.0 Å². The predicted octanol–water partition coefficient (Wildman–Crippen LogP) is 5.28. The number of amides is 1. The summed E-state index contributed by atoms with van der Waals surface area (Å²) in [6, 6.07) is 15.7. The summed E-state index contributed by atoms with van der Waals surface area (Å²) in [7, 11) is 0. The lowest BCUT2D eigenvalue weighted by atomic mass is 9.96. The highest BCUT2D eigenvalue weighted by atomic mass is 32.1. The number of rotatable bonds is 4. The monoisotopic (exact) mass is 433 g/mol. The van der Waals surface area contributed by atoms with Gasteiger partial charge in [-0.3, -0.25) is 10.1 Å². The van der Waals surface area contributed by atoms with Crippen molar-refractivity contribution < 1.29 is 9.21 Å². The Bertz CT molecular complexity index is 1150. The van der Waals surface area contributed by atoms with Crippen molar-refractivity contribution in [2.45, 2.75) is 25.7 Å². The molecule has 150 valence electrons. The molecule has 30 heavy (non-hydrogen) atoms. The van der Waals surface area contributed by atoms with Crippen LogP contribution >= 0.6 is 23.6 Å². The van der Waals surface area contributed by atoms with Gasteiger partial charge in [-0.05, 0) is 61.7 Å². The van der Waals surface area contributed by atoms with E-state index in [9.17, 15) is 10.1 Å². The molecular weight excluding hydrogens is 414 g/mol. The molecule has 0 saturated carbocycles. The van der Waals surface area contributed by atoms with Crippen LogP contribution in [0.3, 0.4) is 0 Å². The largest absolute Gasteiger partial charge is 0.457 e. The van der Waals surface area contributed by atoms with Gasteiger partial charge < -0.3 is 9.73 Å². The second-order valence-electron chi connectivity index (χ2n) is 6.87. The molecule has 2 aromatic heterocycles. The number of hydrogen-bond donors (Lipinski definition) is 2. The van der Waals surface area contributed by atoms with E-state index >= 15 is 0 Å². The van der Waals surface area contributed by atoms with Gasteiger partial charge in [0.25, 0.3) is 0 Å².